The first-order chi connectivity index (χ1) is 16.1. The first-order valence-corrected chi connectivity index (χ1v) is 9.84. The Balaban J connectivity index is 0.00000118. The molecule has 0 aliphatic carbocycles. The summed E-state index contributed by atoms with van der Waals surface area (Å²) < 4.78 is 10.7. The summed E-state index contributed by atoms with van der Waals surface area (Å²) in [7, 11) is 3.20. The van der Waals surface area contributed by atoms with Crippen molar-refractivity contribution >= 4 is 16.7 Å². The van der Waals surface area contributed by atoms with E-state index in [4.69, 9.17) is 50.3 Å². The van der Waals surface area contributed by atoms with E-state index in [0.29, 0.717) is 37.0 Å². The van der Waals surface area contributed by atoms with Crippen molar-refractivity contribution in [2.45, 2.75) is 13.3 Å². The van der Waals surface area contributed by atoms with Gasteiger partial charge in [0.15, 0.2) is 11.5 Å². The molecule has 0 aliphatic heterocycles. The van der Waals surface area contributed by atoms with Crippen molar-refractivity contribution in [1.29, 1.82) is 0 Å². The van der Waals surface area contributed by atoms with Gasteiger partial charge >= 0.3 is 0 Å². The number of fused-ring (bicyclic) bond motifs is 1. The highest BCUT2D eigenvalue weighted by Crippen LogP contribution is 2.33. The molecule has 192 valence electrons. The van der Waals surface area contributed by atoms with Crippen LogP contribution >= 0.6 is 0 Å². The van der Waals surface area contributed by atoms with Gasteiger partial charge in [-0.05, 0) is 26.0 Å². The molecule has 0 saturated carbocycles. The van der Waals surface area contributed by atoms with E-state index in [2.05, 4.69) is 15.3 Å². The zero-order chi connectivity index (χ0) is 26.1. The molecule has 0 fully saturated rings. The Labute approximate surface area is 194 Å². The molecule has 16 heteroatoms. The van der Waals surface area contributed by atoms with Gasteiger partial charge in [-0.2, -0.15) is 0 Å². The quantitative estimate of drug-likeness (QED) is 0.163. The van der Waals surface area contributed by atoms with Crippen molar-refractivity contribution in [1.82, 2.24) is 14.9 Å². The first-order valence-electron chi connectivity index (χ1n) is 9.84. The van der Waals surface area contributed by atoms with Crippen molar-refractivity contribution in [2.75, 3.05) is 58.9 Å². The summed E-state index contributed by atoms with van der Waals surface area (Å²) in [5.74, 6) is 2.69. The predicted octanol–water partition coefficient (Wildman–Crippen LogP) is 0.349. The highest BCUT2D eigenvalue weighted by molar-refractivity contribution is 5.91. The van der Waals surface area contributed by atoms with Crippen LogP contribution in [0.5, 0.6) is 11.5 Å². The van der Waals surface area contributed by atoms with Crippen LogP contribution in [0.1, 0.15) is 12.2 Å². The predicted molar refractivity (Wildman–Crippen MR) is 119 cm³/mol. The third-order valence-electron chi connectivity index (χ3n) is 4.09. The molecule has 2 aromatic rings. The zero-order valence-electron chi connectivity index (χ0n) is 19.1. The Hall–Kier alpha value is -3.76. The van der Waals surface area contributed by atoms with Crippen molar-refractivity contribution < 1.29 is 40.3 Å². The molecule has 1 aromatic heterocycles. The van der Waals surface area contributed by atoms with E-state index in [1.807, 2.05) is 24.0 Å². The van der Waals surface area contributed by atoms with Gasteiger partial charge in [0.05, 0.1) is 33.0 Å². The number of nitrogens with one attached hydrogen (secondary N) is 1. The average Bonchev–Trinajstić information content (AvgIpc) is 2.75. The fraction of sp³-hybridized carbons (Fsp3) is 0.556. The van der Waals surface area contributed by atoms with Crippen molar-refractivity contribution in [3.8, 4) is 11.5 Å². The lowest BCUT2D eigenvalue weighted by Crippen LogP contribution is -2.31. The number of methoxy groups -OCH3 is 2. The number of hydrogen-bond acceptors (Lipinski definition) is 12. The van der Waals surface area contributed by atoms with E-state index in [0.717, 1.165) is 29.7 Å². The van der Waals surface area contributed by atoms with Crippen LogP contribution in [-0.2, 0) is 0 Å². The second kappa shape index (κ2) is 16.8. The van der Waals surface area contributed by atoms with Crippen LogP contribution in [0.25, 0.3) is 10.9 Å². The van der Waals surface area contributed by atoms with E-state index in [1.165, 1.54) is 0 Å². The van der Waals surface area contributed by atoms with Gasteiger partial charge in [0, 0.05) is 31.1 Å². The minimum Gasteiger partial charge on any atom is -0.493 e. The molecule has 16 nitrogen and oxygen atoms in total. The Morgan fingerprint density at radius 2 is 1.47 bits per heavy atom. The SMILES string of the molecule is COc1cc2nc(C)nc(NCCCN(CCO)CCO)c2cc1OC.O=[N+]([O-])O.O=[N+]([O-])O. The number of aliphatic hydroxyl groups is 2. The molecule has 0 saturated heterocycles. The number of aryl methyl sites for hydroxylation is 1. The molecule has 0 bridgehead atoms. The molecule has 0 unspecified atom stereocenters. The van der Waals surface area contributed by atoms with E-state index < -0.39 is 10.2 Å². The number of ether oxygens (including phenoxy) is 2. The summed E-state index contributed by atoms with van der Waals surface area (Å²) in [4.78, 5) is 27.7. The fourth-order valence-electron chi connectivity index (χ4n) is 2.83. The van der Waals surface area contributed by atoms with Gasteiger partial charge in [-0.3, -0.25) is 4.90 Å². The van der Waals surface area contributed by atoms with Crippen LogP contribution in [0.3, 0.4) is 0 Å². The number of aromatic nitrogens is 2. The maximum atomic E-state index is 9.06. The number of hydrogen-bond donors (Lipinski definition) is 5. The molecule has 0 amide bonds. The van der Waals surface area contributed by atoms with Crippen molar-refractivity contribution in [3.05, 3.63) is 38.2 Å². The molecule has 2 rings (SSSR count). The third-order valence-corrected chi connectivity index (χ3v) is 4.09. The molecule has 0 radical (unpaired) electrons. The minimum absolute atomic E-state index is 0.0881. The van der Waals surface area contributed by atoms with Crippen LogP contribution in [0.15, 0.2) is 12.1 Å². The Bertz CT molecular complexity index is 875. The second-order valence-electron chi connectivity index (χ2n) is 6.39. The molecule has 1 aromatic carbocycles. The number of benzene rings is 1. The van der Waals surface area contributed by atoms with Crippen LogP contribution in [0, 0.1) is 27.2 Å². The topological polar surface area (TPSA) is 227 Å². The monoisotopic (exact) mass is 490 g/mol. The Morgan fingerprint density at radius 1 is 0.971 bits per heavy atom. The lowest BCUT2D eigenvalue weighted by molar-refractivity contribution is -0.742. The van der Waals surface area contributed by atoms with Gasteiger partial charge in [0.2, 0.25) is 0 Å². The van der Waals surface area contributed by atoms with Gasteiger partial charge in [-0.1, -0.05) is 0 Å². The smallest absolute Gasteiger partial charge is 0.291 e. The van der Waals surface area contributed by atoms with Crippen molar-refractivity contribution in [2.24, 2.45) is 0 Å². The normalized spacial score (nSPS) is 9.94. The van der Waals surface area contributed by atoms with E-state index >= 15 is 0 Å². The molecule has 0 aliphatic rings. The molecule has 0 atom stereocenters. The maximum Gasteiger partial charge on any atom is 0.291 e. The molecule has 1 heterocycles. The van der Waals surface area contributed by atoms with Crippen LogP contribution in [0.2, 0.25) is 0 Å². The zero-order valence-corrected chi connectivity index (χ0v) is 19.1. The van der Waals surface area contributed by atoms with Gasteiger partial charge in [-0.25, -0.2) is 9.97 Å². The van der Waals surface area contributed by atoms with Gasteiger partial charge in [0.1, 0.15) is 11.6 Å². The highest BCUT2D eigenvalue weighted by atomic mass is 16.9. The molecular formula is C18H30N6O10. The lowest BCUT2D eigenvalue weighted by Gasteiger charge is -2.20. The van der Waals surface area contributed by atoms with E-state index in [9.17, 15) is 0 Å². The summed E-state index contributed by atoms with van der Waals surface area (Å²) >= 11 is 0. The second-order valence-corrected chi connectivity index (χ2v) is 6.39. The number of aliphatic hydroxyl groups excluding tert-OH is 2. The summed E-state index contributed by atoms with van der Waals surface area (Å²) in [5, 5.41) is 49.6. The third kappa shape index (κ3) is 12.3. The number of nitrogens with zero attached hydrogens (tertiary/aromatic N) is 5. The summed E-state index contributed by atoms with van der Waals surface area (Å²) in [6.07, 6.45) is 0.859. The molecular weight excluding hydrogens is 460 g/mol. The van der Waals surface area contributed by atoms with Crippen LogP contribution < -0.4 is 14.8 Å². The Morgan fingerprint density at radius 3 is 1.94 bits per heavy atom. The number of rotatable bonds is 11. The first kappa shape index (κ1) is 30.2. The molecule has 5 N–H and O–H groups in total. The fourth-order valence-corrected chi connectivity index (χ4v) is 2.83. The lowest BCUT2D eigenvalue weighted by atomic mass is 10.2. The van der Waals surface area contributed by atoms with Crippen LogP contribution in [-0.4, -0.2) is 99.3 Å². The van der Waals surface area contributed by atoms with Gasteiger partial charge in [0.25, 0.3) is 10.2 Å². The van der Waals surface area contributed by atoms with E-state index in [1.54, 1.807) is 14.2 Å². The Kier molecular flexibility index (Phi) is 15.0. The van der Waals surface area contributed by atoms with Gasteiger partial charge in [-0.15, -0.1) is 20.2 Å². The standard InChI is InChI=1S/C18H28N4O4.2HNO3/c1-13-20-15-12-17(26-3)16(25-2)11-14(15)18(21-13)19-5-4-6-22(7-9-23)8-10-24;2*2-1(3)4/h11-12,23-24H,4-10H2,1-3H3,(H,19,20,21);2*(H,2,3,4). The average molecular weight is 490 g/mol. The summed E-state index contributed by atoms with van der Waals surface area (Å²) in [5.41, 5.74) is 0.792. The van der Waals surface area contributed by atoms with Crippen LogP contribution in [0.4, 0.5) is 5.82 Å². The molecule has 0 spiro atoms. The van der Waals surface area contributed by atoms with Crippen molar-refractivity contribution in [3.63, 3.8) is 0 Å². The summed E-state index contributed by atoms with van der Waals surface area (Å²) in [6, 6.07) is 3.72. The van der Waals surface area contributed by atoms with Gasteiger partial charge < -0.3 is 35.4 Å². The minimum atomic E-state index is -1.50. The summed E-state index contributed by atoms with van der Waals surface area (Å²) in [6.45, 7) is 4.65. The largest absolute Gasteiger partial charge is 0.493 e. The maximum absolute atomic E-state index is 9.06. The van der Waals surface area contributed by atoms with E-state index in [-0.39, 0.29) is 13.2 Å². The molecule has 34 heavy (non-hydrogen) atoms. The number of anilines is 1. The highest BCUT2D eigenvalue weighted by Gasteiger charge is 2.12.